The fourth-order valence-electron chi connectivity index (χ4n) is 1.79. The molecule has 0 saturated carbocycles. The molecule has 1 atom stereocenters. The lowest BCUT2D eigenvalue weighted by atomic mass is 9.98. The number of nitrogens with one attached hydrogen (secondary N) is 1. The minimum atomic E-state index is -1.03. The number of carbonyl (C=O) groups is 2. The summed E-state index contributed by atoms with van der Waals surface area (Å²) in [7, 11) is 0. The van der Waals surface area contributed by atoms with Crippen molar-refractivity contribution < 1.29 is 14.7 Å². The van der Waals surface area contributed by atoms with Crippen LogP contribution in [0, 0.1) is 5.92 Å². The average Bonchev–Trinajstić information content (AvgIpc) is 2.40. The molecule has 0 aliphatic carbocycles. The maximum absolute atomic E-state index is 12.0. The van der Waals surface area contributed by atoms with Crippen LogP contribution in [-0.2, 0) is 4.79 Å². The summed E-state index contributed by atoms with van der Waals surface area (Å²) in [4.78, 5) is 26.6. The van der Waals surface area contributed by atoms with Gasteiger partial charge in [-0.15, -0.1) is 0 Å². The van der Waals surface area contributed by atoms with Gasteiger partial charge in [0.25, 0.3) is 0 Å². The van der Waals surface area contributed by atoms with Crippen LogP contribution in [0.15, 0.2) is 18.3 Å². The van der Waals surface area contributed by atoms with Crippen LogP contribution in [0.1, 0.15) is 49.9 Å². The first-order chi connectivity index (χ1) is 9.08. The van der Waals surface area contributed by atoms with Crippen molar-refractivity contribution in [3.63, 3.8) is 0 Å². The maximum atomic E-state index is 12.0. The van der Waals surface area contributed by atoms with E-state index in [0.717, 1.165) is 25.7 Å². The van der Waals surface area contributed by atoms with Crippen LogP contribution < -0.4 is 5.32 Å². The van der Waals surface area contributed by atoms with E-state index in [-0.39, 0.29) is 17.4 Å². The van der Waals surface area contributed by atoms with Gasteiger partial charge in [-0.25, -0.2) is 9.78 Å². The number of amides is 1. The standard InChI is InChI=1S/C14H20N2O3/c1-3-5-6-10(4-2)13(17)16-12-8-7-11(9-15-12)14(18)19/h7-10H,3-6H2,1-2H3,(H,18,19)(H,15,16,17). The fourth-order valence-corrected chi connectivity index (χ4v) is 1.79. The molecule has 1 heterocycles. The van der Waals surface area contributed by atoms with E-state index in [0.29, 0.717) is 5.82 Å². The van der Waals surface area contributed by atoms with Gasteiger partial charge in [-0.2, -0.15) is 0 Å². The van der Waals surface area contributed by atoms with E-state index < -0.39 is 5.97 Å². The van der Waals surface area contributed by atoms with Crippen LogP contribution in [0.25, 0.3) is 0 Å². The molecular weight excluding hydrogens is 244 g/mol. The molecule has 0 radical (unpaired) electrons. The molecule has 1 aromatic rings. The zero-order chi connectivity index (χ0) is 14.3. The van der Waals surface area contributed by atoms with Gasteiger partial charge in [-0.3, -0.25) is 4.79 Å². The lowest BCUT2D eigenvalue weighted by molar-refractivity contribution is -0.120. The Bertz CT molecular complexity index is 429. The highest BCUT2D eigenvalue weighted by molar-refractivity contribution is 5.92. The summed E-state index contributed by atoms with van der Waals surface area (Å²) >= 11 is 0. The van der Waals surface area contributed by atoms with Crippen LogP contribution in [-0.4, -0.2) is 22.0 Å². The Morgan fingerprint density at radius 1 is 1.37 bits per heavy atom. The summed E-state index contributed by atoms with van der Waals surface area (Å²) in [6.45, 7) is 4.08. The topological polar surface area (TPSA) is 79.3 Å². The first-order valence-corrected chi connectivity index (χ1v) is 6.58. The zero-order valence-electron chi connectivity index (χ0n) is 11.3. The SMILES string of the molecule is CCCCC(CC)C(=O)Nc1ccc(C(=O)O)cn1. The number of hydrogen-bond donors (Lipinski definition) is 2. The second-order valence-corrected chi connectivity index (χ2v) is 4.47. The molecule has 0 fully saturated rings. The monoisotopic (exact) mass is 264 g/mol. The number of anilines is 1. The van der Waals surface area contributed by atoms with E-state index >= 15 is 0 Å². The zero-order valence-corrected chi connectivity index (χ0v) is 11.3. The predicted octanol–water partition coefficient (Wildman–Crippen LogP) is 2.93. The first kappa shape index (κ1) is 15.1. The molecule has 0 aliphatic rings. The van der Waals surface area contributed by atoms with Crippen molar-refractivity contribution in [3.8, 4) is 0 Å². The highest BCUT2D eigenvalue weighted by Gasteiger charge is 2.16. The first-order valence-electron chi connectivity index (χ1n) is 6.58. The molecule has 5 nitrogen and oxygen atoms in total. The minimum absolute atomic E-state index is 0.0131. The molecule has 0 spiro atoms. The Balaban J connectivity index is 2.62. The third kappa shape index (κ3) is 4.69. The van der Waals surface area contributed by atoms with E-state index in [4.69, 9.17) is 5.11 Å². The Hall–Kier alpha value is -1.91. The predicted molar refractivity (Wildman–Crippen MR) is 73.1 cm³/mol. The lowest BCUT2D eigenvalue weighted by Gasteiger charge is -2.14. The van der Waals surface area contributed by atoms with Crippen LogP contribution in [0.2, 0.25) is 0 Å². The number of aromatic carboxylic acids is 1. The van der Waals surface area contributed by atoms with Crippen molar-refractivity contribution in [2.45, 2.75) is 39.5 Å². The van der Waals surface area contributed by atoms with Gasteiger partial charge in [0.15, 0.2) is 0 Å². The second-order valence-electron chi connectivity index (χ2n) is 4.47. The van der Waals surface area contributed by atoms with Gasteiger partial charge >= 0.3 is 5.97 Å². The number of pyridine rings is 1. The molecule has 104 valence electrons. The van der Waals surface area contributed by atoms with Crippen molar-refractivity contribution in [2.75, 3.05) is 5.32 Å². The van der Waals surface area contributed by atoms with Gasteiger partial charge in [0.1, 0.15) is 5.82 Å². The van der Waals surface area contributed by atoms with Crippen LogP contribution >= 0.6 is 0 Å². The molecule has 19 heavy (non-hydrogen) atoms. The van der Waals surface area contributed by atoms with E-state index in [1.54, 1.807) is 0 Å². The van der Waals surface area contributed by atoms with Crippen LogP contribution in [0.3, 0.4) is 0 Å². The maximum Gasteiger partial charge on any atom is 0.337 e. The van der Waals surface area contributed by atoms with E-state index in [9.17, 15) is 9.59 Å². The highest BCUT2D eigenvalue weighted by Crippen LogP contribution is 2.15. The summed E-state index contributed by atoms with van der Waals surface area (Å²) in [5, 5.41) is 11.5. The number of rotatable bonds is 7. The highest BCUT2D eigenvalue weighted by atomic mass is 16.4. The molecular formula is C14H20N2O3. The summed E-state index contributed by atoms with van der Waals surface area (Å²) < 4.78 is 0. The van der Waals surface area contributed by atoms with Crippen molar-refractivity contribution in [1.29, 1.82) is 0 Å². The summed E-state index contributed by atoms with van der Waals surface area (Å²) in [6.07, 6.45) is 4.99. The number of hydrogen-bond acceptors (Lipinski definition) is 3. The molecule has 2 N–H and O–H groups in total. The Kier molecular flexibility index (Phi) is 5.99. The normalized spacial score (nSPS) is 11.9. The molecule has 5 heteroatoms. The molecule has 1 amide bonds. The minimum Gasteiger partial charge on any atom is -0.478 e. The van der Waals surface area contributed by atoms with Crippen molar-refractivity contribution >= 4 is 17.7 Å². The molecule has 0 aliphatic heterocycles. The van der Waals surface area contributed by atoms with Gasteiger partial charge in [0.2, 0.25) is 5.91 Å². The summed E-state index contributed by atoms with van der Waals surface area (Å²) in [6, 6.07) is 2.94. The second kappa shape index (κ2) is 7.51. The third-order valence-corrected chi connectivity index (χ3v) is 3.03. The number of carbonyl (C=O) groups excluding carboxylic acids is 1. The van der Waals surface area contributed by atoms with Gasteiger partial charge in [0, 0.05) is 12.1 Å². The van der Waals surface area contributed by atoms with Gasteiger partial charge in [0.05, 0.1) is 5.56 Å². The van der Waals surface area contributed by atoms with Crippen molar-refractivity contribution in [2.24, 2.45) is 5.92 Å². The lowest BCUT2D eigenvalue weighted by Crippen LogP contribution is -2.22. The van der Waals surface area contributed by atoms with E-state index in [2.05, 4.69) is 17.2 Å². The Morgan fingerprint density at radius 2 is 2.11 bits per heavy atom. The number of nitrogens with zero attached hydrogens (tertiary/aromatic N) is 1. The van der Waals surface area contributed by atoms with Crippen molar-refractivity contribution in [1.82, 2.24) is 4.98 Å². The van der Waals surface area contributed by atoms with Crippen LogP contribution in [0.5, 0.6) is 0 Å². The number of aromatic nitrogens is 1. The average molecular weight is 264 g/mol. The van der Waals surface area contributed by atoms with Gasteiger partial charge < -0.3 is 10.4 Å². The smallest absolute Gasteiger partial charge is 0.337 e. The molecule has 1 rings (SSSR count). The van der Waals surface area contributed by atoms with Gasteiger partial charge in [-0.05, 0) is 25.0 Å². The summed E-state index contributed by atoms with van der Waals surface area (Å²) in [5.41, 5.74) is 0.107. The number of carboxylic acid groups (broad SMARTS) is 1. The molecule has 1 unspecified atom stereocenters. The molecule has 0 bridgehead atoms. The van der Waals surface area contributed by atoms with Crippen LogP contribution in [0.4, 0.5) is 5.82 Å². The number of unbranched alkanes of at least 4 members (excludes halogenated alkanes) is 1. The quantitative estimate of drug-likeness (QED) is 0.793. The van der Waals surface area contributed by atoms with Crippen molar-refractivity contribution in [3.05, 3.63) is 23.9 Å². The molecule has 1 aromatic heterocycles. The largest absolute Gasteiger partial charge is 0.478 e. The van der Waals surface area contributed by atoms with E-state index in [1.807, 2.05) is 6.92 Å². The Morgan fingerprint density at radius 3 is 2.58 bits per heavy atom. The molecule has 0 aromatic carbocycles. The Labute approximate surface area is 113 Å². The molecule has 0 saturated heterocycles. The summed E-state index contributed by atoms with van der Waals surface area (Å²) in [5.74, 6) is -0.697. The fraction of sp³-hybridized carbons (Fsp3) is 0.500. The third-order valence-electron chi connectivity index (χ3n) is 3.03. The van der Waals surface area contributed by atoms with Gasteiger partial charge in [-0.1, -0.05) is 26.7 Å². The van der Waals surface area contributed by atoms with E-state index in [1.165, 1.54) is 18.3 Å². The number of carboxylic acids is 1.